The van der Waals surface area contributed by atoms with Crippen molar-refractivity contribution in [1.82, 2.24) is 9.97 Å². The fraction of sp³-hybridized carbons (Fsp3) is 0.667. The second-order valence-corrected chi connectivity index (χ2v) is 6.02. The maximum Gasteiger partial charge on any atom is 0.132 e. The first kappa shape index (κ1) is 11.8. The van der Waals surface area contributed by atoms with E-state index in [1.165, 1.54) is 12.8 Å². The Morgan fingerprint density at radius 1 is 1.38 bits per heavy atom. The van der Waals surface area contributed by atoms with Crippen LogP contribution in [-0.4, -0.2) is 28.4 Å². The van der Waals surface area contributed by atoms with Gasteiger partial charge in [0.15, 0.2) is 0 Å². The highest BCUT2D eigenvalue weighted by atomic mass is 79.9. The monoisotopic (exact) mass is 283 g/mol. The maximum absolute atomic E-state index is 4.47. The number of anilines is 1. The van der Waals surface area contributed by atoms with Crippen LogP contribution in [0.2, 0.25) is 0 Å². The molecule has 2 rings (SSSR count). The van der Waals surface area contributed by atoms with Crippen molar-refractivity contribution in [1.29, 1.82) is 0 Å². The molecule has 1 saturated carbocycles. The molecule has 0 N–H and O–H groups in total. The molecule has 1 heterocycles. The molecule has 0 spiro atoms. The van der Waals surface area contributed by atoms with Gasteiger partial charge in [0.05, 0.1) is 0 Å². The van der Waals surface area contributed by atoms with E-state index in [1.807, 2.05) is 13.8 Å². The lowest BCUT2D eigenvalue weighted by Crippen LogP contribution is -2.35. The van der Waals surface area contributed by atoms with Crippen molar-refractivity contribution < 1.29 is 0 Å². The van der Waals surface area contributed by atoms with Gasteiger partial charge in [-0.1, -0.05) is 15.9 Å². The normalized spacial score (nSPS) is 24.0. The first-order chi connectivity index (χ1) is 7.54. The third-order valence-electron chi connectivity index (χ3n) is 3.05. The summed E-state index contributed by atoms with van der Waals surface area (Å²) in [6.45, 7) is 5.06. The standard InChI is InChI=1S/C12H18BrN3/c1-8-4-12(15-9(2)14-8)16(3)7-10-5-11(13)6-10/h4,10-11H,5-7H2,1-3H3. The largest absolute Gasteiger partial charge is 0.359 e. The van der Waals surface area contributed by atoms with Crippen LogP contribution in [0.15, 0.2) is 6.07 Å². The summed E-state index contributed by atoms with van der Waals surface area (Å²) in [6.07, 6.45) is 2.57. The van der Waals surface area contributed by atoms with Crippen LogP contribution >= 0.6 is 15.9 Å². The Hall–Kier alpha value is -0.640. The summed E-state index contributed by atoms with van der Waals surface area (Å²) in [7, 11) is 2.11. The van der Waals surface area contributed by atoms with Crippen molar-refractivity contribution in [2.24, 2.45) is 5.92 Å². The number of alkyl halides is 1. The van der Waals surface area contributed by atoms with Gasteiger partial charge in [0.1, 0.15) is 11.6 Å². The molecular weight excluding hydrogens is 266 g/mol. The average molecular weight is 284 g/mol. The second kappa shape index (κ2) is 4.70. The Bertz CT molecular complexity index is 354. The number of rotatable bonds is 3. The predicted octanol–water partition coefficient (Wildman–Crippen LogP) is 2.70. The Kier molecular flexibility index (Phi) is 3.47. The molecule has 0 saturated heterocycles. The van der Waals surface area contributed by atoms with Gasteiger partial charge in [0, 0.05) is 30.2 Å². The van der Waals surface area contributed by atoms with Crippen molar-refractivity contribution in [2.45, 2.75) is 31.5 Å². The van der Waals surface area contributed by atoms with Crippen molar-refractivity contribution in [3.8, 4) is 0 Å². The topological polar surface area (TPSA) is 29.0 Å². The van der Waals surface area contributed by atoms with Crippen LogP contribution in [0.1, 0.15) is 24.4 Å². The summed E-state index contributed by atoms with van der Waals surface area (Å²) in [5, 5.41) is 0. The Labute approximate surface area is 105 Å². The number of halogens is 1. The molecule has 16 heavy (non-hydrogen) atoms. The SMILES string of the molecule is Cc1cc(N(C)CC2CC(Br)C2)nc(C)n1. The van der Waals surface area contributed by atoms with E-state index >= 15 is 0 Å². The molecule has 3 nitrogen and oxygen atoms in total. The molecule has 1 aromatic rings. The van der Waals surface area contributed by atoms with E-state index in [0.29, 0.717) is 0 Å². The molecule has 0 unspecified atom stereocenters. The van der Waals surface area contributed by atoms with E-state index in [1.54, 1.807) is 0 Å². The van der Waals surface area contributed by atoms with Gasteiger partial charge in [0.25, 0.3) is 0 Å². The number of aryl methyl sites for hydroxylation is 2. The summed E-state index contributed by atoms with van der Waals surface area (Å²) < 4.78 is 0. The van der Waals surface area contributed by atoms with Gasteiger partial charge < -0.3 is 4.90 Å². The molecule has 4 heteroatoms. The van der Waals surface area contributed by atoms with Crippen LogP contribution in [-0.2, 0) is 0 Å². The van der Waals surface area contributed by atoms with Crippen molar-refractivity contribution in [3.63, 3.8) is 0 Å². The van der Waals surface area contributed by atoms with E-state index < -0.39 is 0 Å². The highest BCUT2D eigenvalue weighted by Crippen LogP contribution is 2.34. The van der Waals surface area contributed by atoms with Crippen molar-refractivity contribution in [3.05, 3.63) is 17.6 Å². The third-order valence-corrected chi connectivity index (χ3v) is 3.80. The Balaban J connectivity index is 2.00. The van der Waals surface area contributed by atoms with Crippen LogP contribution in [0.25, 0.3) is 0 Å². The molecule has 88 valence electrons. The second-order valence-electron chi connectivity index (χ2n) is 4.73. The van der Waals surface area contributed by atoms with Gasteiger partial charge in [-0.25, -0.2) is 9.97 Å². The van der Waals surface area contributed by atoms with Gasteiger partial charge in [-0.05, 0) is 32.6 Å². The number of hydrogen-bond donors (Lipinski definition) is 0. The van der Waals surface area contributed by atoms with Gasteiger partial charge in [-0.3, -0.25) is 0 Å². The fourth-order valence-electron chi connectivity index (χ4n) is 2.18. The molecule has 0 atom stereocenters. The van der Waals surface area contributed by atoms with E-state index in [-0.39, 0.29) is 0 Å². The first-order valence-corrected chi connectivity index (χ1v) is 6.63. The van der Waals surface area contributed by atoms with E-state index in [9.17, 15) is 0 Å². The minimum absolute atomic E-state index is 0.736. The van der Waals surface area contributed by atoms with E-state index in [2.05, 4.69) is 43.9 Å². The molecular formula is C12H18BrN3. The molecule has 0 aliphatic heterocycles. The molecule has 0 radical (unpaired) electrons. The summed E-state index contributed by atoms with van der Waals surface area (Å²) in [5.41, 5.74) is 1.04. The van der Waals surface area contributed by atoms with E-state index in [4.69, 9.17) is 0 Å². The van der Waals surface area contributed by atoms with Crippen LogP contribution in [0, 0.1) is 19.8 Å². The van der Waals surface area contributed by atoms with Crippen LogP contribution < -0.4 is 4.90 Å². The Morgan fingerprint density at radius 2 is 2.06 bits per heavy atom. The lowest BCUT2D eigenvalue weighted by atomic mass is 9.85. The van der Waals surface area contributed by atoms with Gasteiger partial charge in [0.2, 0.25) is 0 Å². The average Bonchev–Trinajstić information content (AvgIpc) is 2.13. The highest BCUT2D eigenvalue weighted by Gasteiger charge is 2.27. The van der Waals surface area contributed by atoms with Crippen LogP contribution in [0.4, 0.5) is 5.82 Å². The Morgan fingerprint density at radius 3 is 2.62 bits per heavy atom. The first-order valence-electron chi connectivity index (χ1n) is 5.72. The van der Waals surface area contributed by atoms with Gasteiger partial charge >= 0.3 is 0 Å². The molecule has 0 aromatic carbocycles. The predicted molar refractivity (Wildman–Crippen MR) is 70.2 cm³/mol. The smallest absolute Gasteiger partial charge is 0.132 e. The number of hydrogen-bond acceptors (Lipinski definition) is 3. The lowest BCUT2D eigenvalue weighted by Gasteiger charge is -2.34. The fourth-order valence-corrected chi connectivity index (χ4v) is 3.23. The zero-order valence-corrected chi connectivity index (χ0v) is 11.7. The lowest BCUT2D eigenvalue weighted by molar-refractivity contribution is 0.338. The third kappa shape index (κ3) is 2.73. The molecule has 0 bridgehead atoms. The minimum Gasteiger partial charge on any atom is -0.359 e. The number of aromatic nitrogens is 2. The maximum atomic E-state index is 4.47. The molecule has 1 fully saturated rings. The molecule has 1 aromatic heterocycles. The van der Waals surface area contributed by atoms with Crippen molar-refractivity contribution in [2.75, 3.05) is 18.5 Å². The molecule has 1 aliphatic carbocycles. The van der Waals surface area contributed by atoms with Crippen LogP contribution in [0.5, 0.6) is 0 Å². The number of nitrogens with zero attached hydrogens (tertiary/aromatic N) is 3. The molecule has 0 amide bonds. The summed E-state index contributed by atoms with van der Waals surface area (Å²) in [4.78, 5) is 11.7. The zero-order chi connectivity index (χ0) is 11.7. The van der Waals surface area contributed by atoms with Crippen molar-refractivity contribution >= 4 is 21.7 Å². The highest BCUT2D eigenvalue weighted by molar-refractivity contribution is 9.09. The van der Waals surface area contributed by atoms with E-state index in [0.717, 1.165) is 34.6 Å². The molecule has 1 aliphatic rings. The zero-order valence-electron chi connectivity index (χ0n) is 10.1. The van der Waals surface area contributed by atoms with Crippen LogP contribution in [0.3, 0.4) is 0 Å². The quantitative estimate of drug-likeness (QED) is 0.799. The van der Waals surface area contributed by atoms with Gasteiger partial charge in [-0.15, -0.1) is 0 Å². The van der Waals surface area contributed by atoms with Gasteiger partial charge in [-0.2, -0.15) is 0 Å². The minimum atomic E-state index is 0.736. The summed E-state index contributed by atoms with van der Waals surface area (Å²) >= 11 is 3.63. The summed E-state index contributed by atoms with van der Waals surface area (Å²) in [5.74, 6) is 2.71. The summed E-state index contributed by atoms with van der Waals surface area (Å²) in [6, 6.07) is 2.05.